The van der Waals surface area contributed by atoms with Crippen LogP contribution in [0.2, 0.25) is 0 Å². The predicted octanol–water partition coefficient (Wildman–Crippen LogP) is 4.92. The summed E-state index contributed by atoms with van der Waals surface area (Å²) in [6.45, 7) is 0.415. The molecule has 0 bridgehead atoms. The number of aliphatic hydroxyl groups excluding tert-OH is 1. The normalized spacial score (nSPS) is 13.8. The van der Waals surface area contributed by atoms with E-state index >= 15 is 0 Å². The van der Waals surface area contributed by atoms with E-state index in [4.69, 9.17) is 0 Å². The molecule has 34 heavy (non-hydrogen) atoms. The Labute approximate surface area is 208 Å². The molecule has 0 aliphatic heterocycles. The summed E-state index contributed by atoms with van der Waals surface area (Å²) in [7, 11) is 0. The summed E-state index contributed by atoms with van der Waals surface area (Å²) in [4.78, 5) is 28.8. The second kappa shape index (κ2) is 11.4. The number of benzene rings is 3. The highest BCUT2D eigenvalue weighted by atomic mass is 79.9. The van der Waals surface area contributed by atoms with Crippen LogP contribution in [0.25, 0.3) is 0 Å². The van der Waals surface area contributed by atoms with E-state index in [2.05, 4.69) is 21.2 Å². The molecule has 3 aromatic rings. The minimum Gasteiger partial charge on any atom is -0.392 e. The molecule has 2 N–H and O–H groups in total. The van der Waals surface area contributed by atoms with Crippen molar-refractivity contribution in [1.82, 2.24) is 10.2 Å². The van der Waals surface area contributed by atoms with Gasteiger partial charge in [0.15, 0.2) is 0 Å². The summed E-state index contributed by atoms with van der Waals surface area (Å²) in [5, 5.41) is 12.3. The van der Waals surface area contributed by atoms with Crippen LogP contribution in [-0.4, -0.2) is 27.9 Å². The molecule has 1 unspecified atom stereocenters. The number of nitrogens with one attached hydrogen (secondary N) is 1. The van der Waals surface area contributed by atoms with Crippen molar-refractivity contribution in [3.63, 3.8) is 0 Å². The third-order valence-corrected chi connectivity index (χ3v) is 6.61. The molecular weight excluding hydrogens is 492 g/mol. The van der Waals surface area contributed by atoms with Crippen molar-refractivity contribution in [1.29, 1.82) is 0 Å². The van der Waals surface area contributed by atoms with Crippen LogP contribution in [0.3, 0.4) is 0 Å². The van der Waals surface area contributed by atoms with Crippen molar-refractivity contribution < 1.29 is 14.7 Å². The first kappa shape index (κ1) is 24.2. The lowest BCUT2D eigenvalue weighted by molar-refractivity contribution is -0.141. The quantitative estimate of drug-likeness (QED) is 0.398. The molecule has 0 saturated heterocycles. The highest BCUT2D eigenvalue weighted by Gasteiger charge is 2.40. The molecule has 5 nitrogen and oxygen atoms in total. The third kappa shape index (κ3) is 6.33. The van der Waals surface area contributed by atoms with E-state index in [-0.39, 0.29) is 24.5 Å². The van der Waals surface area contributed by atoms with Crippen molar-refractivity contribution >= 4 is 27.7 Å². The van der Waals surface area contributed by atoms with Crippen LogP contribution in [0.15, 0.2) is 83.3 Å². The van der Waals surface area contributed by atoms with Gasteiger partial charge in [0, 0.05) is 23.5 Å². The van der Waals surface area contributed by atoms with Gasteiger partial charge in [-0.05, 0) is 53.6 Å². The Hall–Kier alpha value is -2.96. The van der Waals surface area contributed by atoms with Crippen LogP contribution in [0, 0.1) is 0 Å². The number of nitrogens with zero attached hydrogens (tertiary/aromatic N) is 1. The van der Waals surface area contributed by atoms with Gasteiger partial charge in [-0.1, -0.05) is 82.7 Å². The highest BCUT2D eigenvalue weighted by molar-refractivity contribution is 9.10. The number of rotatable bonds is 10. The fourth-order valence-electron chi connectivity index (χ4n) is 4.07. The first-order chi connectivity index (χ1) is 16.5. The van der Waals surface area contributed by atoms with E-state index in [1.165, 1.54) is 0 Å². The summed E-state index contributed by atoms with van der Waals surface area (Å²) >= 11 is 3.46. The Kier molecular flexibility index (Phi) is 8.14. The molecule has 3 aromatic carbocycles. The standard InChI is InChI=1S/C28H29BrN2O3/c29-24-13-11-23(12-14-24)27(28(34)30-18-21-4-2-1-3-5-21)31(25-15-16-25)26(33)17-10-20-6-8-22(19-32)9-7-20/h1-9,11-14,25,27,32H,10,15-19H2,(H,30,34). The number of amides is 2. The second-order valence-corrected chi connectivity index (χ2v) is 9.58. The van der Waals surface area contributed by atoms with Gasteiger partial charge in [-0.2, -0.15) is 0 Å². The zero-order valence-electron chi connectivity index (χ0n) is 19.0. The Bertz CT molecular complexity index is 1100. The van der Waals surface area contributed by atoms with Crippen LogP contribution < -0.4 is 5.32 Å². The molecule has 6 heteroatoms. The Morgan fingerprint density at radius 2 is 1.56 bits per heavy atom. The van der Waals surface area contributed by atoms with E-state index in [0.717, 1.165) is 39.6 Å². The zero-order valence-corrected chi connectivity index (χ0v) is 20.6. The monoisotopic (exact) mass is 520 g/mol. The van der Waals surface area contributed by atoms with E-state index in [1.54, 1.807) is 4.90 Å². The third-order valence-electron chi connectivity index (χ3n) is 6.08. The lowest BCUT2D eigenvalue weighted by Crippen LogP contribution is -2.45. The highest BCUT2D eigenvalue weighted by Crippen LogP contribution is 2.36. The fraction of sp³-hybridized carbons (Fsp3) is 0.286. The van der Waals surface area contributed by atoms with Crippen LogP contribution in [-0.2, 0) is 29.2 Å². The lowest BCUT2D eigenvalue weighted by atomic mass is 10.0. The Balaban J connectivity index is 1.53. The van der Waals surface area contributed by atoms with Crippen molar-refractivity contribution in [3.05, 3.63) is 106 Å². The maximum atomic E-state index is 13.5. The van der Waals surface area contributed by atoms with Crippen molar-refractivity contribution in [2.75, 3.05) is 0 Å². The number of hydrogen-bond acceptors (Lipinski definition) is 3. The maximum Gasteiger partial charge on any atom is 0.247 e. The van der Waals surface area contributed by atoms with Crippen LogP contribution in [0.1, 0.15) is 47.6 Å². The largest absolute Gasteiger partial charge is 0.392 e. The van der Waals surface area contributed by atoms with E-state index in [0.29, 0.717) is 19.4 Å². The van der Waals surface area contributed by atoms with Crippen LogP contribution in [0.4, 0.5) is 0 Å². The molecule has 0 radical (unpaired) electrons. The number of hydrogen-bond donors (Lipinski definition) is 2. The number of carbonyl (C=O) groups is 2. The average Bonchev–Trinajstić information content (AvgIpc) is 3.71. The number of aryl methyl sites for hydroxylation is 1. The van der Waals surface area contributed by atoms with E-state index in [1.807, 2.05) is 78.9 Å². The van der Waals surface area contributed by atoms with E-state index in [9.17, 15) is 14.7 Å². The van der Waals surface area contributed by atoms with Crippen LogP contribution in [0.5, 0.6) is 0 Å². The summed E-state index contributed by atoms with van der Waals surface area (Å²) in [5.41, 5.74) is 3.71. The first-order valence-electron chi connectivity index (χ1n) is 11.6. The smallest absolute Gasteiger partial charge is 0.247 e. The van der Waals surface area contributed by atoms with Crippen LogP contribution >= 0.6 is 15.9 Å². The van der Waals surface area contributed by atoms with Gasteiger partial charge in [0.25, 0.3) is 0 Å². The molecule has 2 amide bonds. The molecule has 1 aliphatic rings. The molecule has 1 aliphatic carbocycles. The van der Waals surface area contributed by atoms with Crippen molar-refractivity contribution in [3.8, 4) is 0 Å². The Morgan fingerprint density at radius 1 is 0.912 bits per heavy atom. The molecule has 176 valence electrons. The lowest BCUT2D eigenvalue weighted by Gasteiger charge is -2.32. The second-order valence-electron chi connectivity index (χ2n) is 8.66. The van der Waals surface area contributed by atoms with Gasteiger partial charge in [0.1, 0.15) is 6.04 Å². The molecule has 1 atom stereocenters. The maximum absolute atomic E-state index is 13.5. The molecule has 1 fully saturated rings. The fourth-order valence-corrected chi connectivity index (χ4v) is 4.33. The minimum absolute atomic E-state index is 0.00162. The first-order valence-corrected chi connectivity index (χ1v) is 12.4. The van der Waals surface area contributed by atoms with Crippen molar-refractivity contribution in [2.45, 2.75) is 50.9 Å². The minimum atomic E-state index is -0.673. The van der Waals surface area contributed by atoms with E-state index < -0.39 is 6.04 Å². The summed E-state index contributed by atoms with van der Waals surface area (Å²) < 4.78 is 0.926. The number of carbonyl (C=O) groups excluding carboxylic acids is 2. The summed E-state index contributed by atoms with van der Waals surface area (Å²) in [6.07, 6.45) is 2.74. The Morgan fingerprint density at radius 3 is 2.18 bits per heavy atom. The summed E-state index contributed by atoms with van der Waals surface area (Å²) in [5.74, 6) is -0.185. The van der Waals surface area contributed by atoms with Gasteiger partial charge in [-0.3, -0.25) is 9.59 Å². The molecule has 0 heterocycles. The molecular formula is C28H29BrN2O3. The number of aliphatic hydroxyl groups is 1. The number of halogens is 1. The SMILES string of the molecule is O=C(NCc1ccccc1)C(c1ccc(Br)cc1)N(C(=O)CCc1ccc(CO)cc1)C1CC1. The van der Waals surface area contributed by atoms with Gasteiger partial charge in [-0.15, -0.1) is 0 Å². The van der Waals surface area contributed by atoms with Gasteiger partial charge >= 0.3 is 0 Å². The molecule has 0 spiro atoms. The molecule has 0 aromatic heterocycles. The molecule has 4 rings (SSSR count). The van der Waals surface area contributed by atoms with Gasteiger partial charge in [-0.25, -0.2) is 0 Å². The van der Waals surface area contributed by atoms with Crippen molar-refractivity contribution in [2.24, 2.45) is 0 Å². The topological polar surface area (TPSA) is 69.6 Å². The average molecular weight is 521 g/mol. The predicted molar refractivity (Wildman–Crippen MR) is 136 cm³/mol. The van der Waals surface area contributed by atoms with Gasteiger partial charge in [0.05, 0.1) is 6.61 Å². The van der Waals surface area contributed by atoms with Gasteiger partial charge in [0.2, 0.25) is 11.8 Å². The summed E-state index contributed by atoms with van der Waals surface area (Å²) in [6, 6.07) is 24.5. The molecule has 1 saturated carbocycles. The zero-order chi connectivity index (χ0) is 23.9. The van der Waals surface area contributed by atoms with Gasteiger partial charge < -0.3 is 15.3 Å².